The maximum absolute atomic E-state index is 9.28. The van der Waals surface area contributed by atoms with Crippen LogP contribution >= 0.6 is 11.8 Å². The molecular formula is C14H23NOS. The highest BCUT2D eigenvalue weighted by Gasteiger charge is 2.10. The van der Waals surface area contributed by atoms with E-state index in [1.807, 2.05) is 23.9 Å². The first-order valence-electron chi connectivity index (χ1n) is 6.18. The Hall–Kier alpha value is -0.670. The normalized spacial score (nSPS) is 14.5. The number of thioether (sulfide) groups is 1. The number of hydrogen-bond donors (Lipinski definition) is 2. The van der Waals surface area contributed by atoms with Crippen LogP contribution in [0.3, 0.4) is 0 Å². The lowest BCUT2D eigenvalue weighted by atomic mass is 10.0. The third-order valence-electron chi connectivity index (χ3n) is 2.87. The maximum atomic E-state index is 9.28. The molecule has 0 saturated heterocycles. The van der Waals surface area contributed by atoms with Crippen molar-refractivity contribution in [3.8, 4) is 5.75 Å². The zero-order valence-electron chi connectivity index (χ0n) is 10.9. The van der Waals surface area contributed by atoms with Gasteiger partial charge in [0.05, 0.1) is 0 Å². The quantitative estimate of drug-likeness (QED) is 0.781. The summed E-state index contributed by atoms with van der Waals surface area (Å²) in [6.45, 7) is 5.50. The molecule has 2 unspecified atom stereocenters. The molecule has 0 aliphatic rings. The molecular weight excluding hydrogens is 230 g/mol. The predicted molar refractivity (Wildman–Crippen MR) is 76.7 cm³/mol. The number of phenols is 1. The Morgan fingerprint density at radius 1 is 1.29 bits per heavy atom. The summed E-state index contributed by atoms with van der Waals surface area (Å²) in [5.41, 5.74) is 1.25. The zero-order valence-corrected chi connectivity index (χ0v) is 11.8. The highest BCUT2D eigenvalue weighted by atomic mass is 32.2. The van der Waals surface area contributed by atoms with Crippen LogP contribution in [0.1, 0.15) is 31.9 Å². The summed E-state index contributed by atoms with van der Waals surface area (Å²) < 4.78 is 0. The second kappa shape index (κ2) is 7.62. The number of rotatable bonds is 7. The summed E-state index contributed by atoms with van der Waals surface area (Å²) in [7, 11) is 0. The van der Waals surface area contributed by atoms with Gasteiger partial charge < -0.3 is 10.4 Å². The number of benzene rings is 1. The first-order valence-corrected chi connectivity index (χ1v) is 7.58. The molecule has 0 aliphatic heterocycles. The smallest absolute Gasteiger partial charge is 0.115 e. The maximum Gasteiger partial charge on any atom is 0.115 e. The lowest BCUT2D eigenvalue weighted by molar-refractivity contribution is 0.462. The predicted octanol–water partition coefficient (Wildman–Crippen LogP) is 3.43. The van der Waals surface area contributed by atoms with Gasteiger partial charge in [-0.2, -0.15) is 11.8 Å². The number of phenolic OH excluding ortho intramolecular Hbond substituents is 1. The lowest BCUT2D eigenvalue weighted by Gasteiger charge is -2.20. The highest BCUT2D eigenvalue weighted by Crippen LogP contribution is 2.19. The van der Waals surface area contributed by atoms with Gasteiger partial charge in [0.25, 0.3) is 0 Å². The van der Waals surface area contributed by atoms with Gasteiger partial charge in [0.2, 0.25) is 0 Å². The fourth-order valence-corrected chi connectivity index (χ4v) is 2.58. The first-order chi connectivity index (χ1) is 8.17. The number of nitrogens with one attached hydrogen (secondary N) is 1. The molecule has 0 aliphatic carbocycles. The van der Waals surface area contributed by atoms with Gasteiger partial charge in [-0.1, -0.05) is 26.0 Å². The van der Waals surface area contributed by atoms with E-state index in [4.69, 9.17) is 0 Å². The van der Waals surface area contributed by atoms with Crippen molar-refractivity contribution < 1.29 is 5.11 Å². The summed E-state index contributed by atoms with van der Waals surface area (Å²) in [5.74, 6) is 2.22. The van der Waals surface area contributed by atoms with E-state index in [1.165, 1.54) is 11.3 Å². The molecule has 0 radical (unpaired) electrons. The molecule has 2 nitrogen and oxygen atoms in total. The van der Waals surface area contributed by atoms with Crippen LogP contribution in [-0.4, -0.2) is 23.7 Å². The van der Waals surface area contributed by atoms with Crippen LogP contribution in [0, 0.1) is 5.92 Å². The summed E-state index contributed by atoms with van der Waals surface area (Å²) >= 11 is 1.89. The van der Waals surface area contributed by atoms with E-state index in [9.17, 15) is 5.11 Å². The van der Waals surface area contributed by atoms with E-state index >= 15 is 0 Å². The van der Waals surface area contributed by atoms with Crippen LogP contribution in [0.5, 0.6) is 5.75 Å². The molecule has 96 valence electrons. The van der Waals surface area contributed by atoms with Crippen molar-refractivity contribution in [2.75, 3.05) is 18.6 Å². The molecule has 1 aromatic carbocycles. The summed E-state index contributed by atoms with van der Waals surface area (Å²) in [4.78, 5) is 0. The van der Waals surface area contributed by atoms with Gasteiger partial charge in [-0.05, 0) is 48.6 Å². The molecule has 0 fully saturated rings. The molecule has 0 spiro atoms. The molecule has 1 aromatic rings. The molecule has 0 aromatic heterocycles. The standard InChI is InChI=1S/C14H23NOS/c1-4-14(15-9-11(2)10-17-3)12-5-7-13(16)8-6-12/h5-8,11,14-16H,4,9-10H2,1-3H3. The van der Waals surface area contributed by atoms with E-state index in [0.29, 0.717) is 17.7 Å². The van der Waals surface area contributed by atoms with Gasteiger partial charge in [0, 0.05) is 6.04 Å². The van der Waals surface area contributed by atoms with Crippen molar-refractivity contribution in [3.63, 3.8) is 0 Å². The molecule has 2 atom stereocenters. The zero-order chi connectivity index (χ0) is 12.7. The molecule has 3 heteroatoms. The van der Waals surface area contributed by atoms with Crippen molar-refractivity contribution >= 4 is 11.8 Å². The molecule has 2 N–H and O–H groups in total. The molecule has 1 rings (SSSR count). The average Bonchev–Trinajstić information content (AvgIpc) is 2.32. The van der Waals surface area contributed by atoms with E-state index in [-0.39, 0.29) is 0 Å². The van der Waals surface area contributed by atoms with E-state index in [0.717, 1.165) is 13.0 Å². The van der Waals surface area contributed by atoms with Gasteiger partial charge >= 0.3 is 0 Å². The molecule has 0 amide bonds. The van der Waals surface area contributed by atoms with Crippen LogP contribution < -0.4 is 5.32 Å². The molecule has 0 heterocycles. The fourth-order valence-electron chi connectivity index (χ4n) is 1.89. The van der Waals surface area contributed by atoms with Crippen molar-refractivity contribution in [2.24, 2.45) is 5.92 Å². The molecule has 17 heavy (non-hydrogen) atoms. The highest BCUT2D eigenvalue weighted by molar-refractivity contribution is 7.98. The van der Waals surface area contributed by atoms with Crippen molar-refractivity contribution in [3.05, 3.63) is 29.8 Å². The monoisotopic (exact) mass is 253 g/mol. The lowest BCUT2D eigenvalue weighted by Crippen LogP contribution is -2.26. The van der Waals surface area contributed by atoms with Gasteiger partial charge in [-0.3, -0.25) is 0 Å². The topological polar surface area (TPSA) is 32.3 Å². The van der Waals surface area contributed by atoms with Crippen LogP contribution in [0.2, 0.25) is 0 Å². The largest absolute Gasteiger partial charge is 0.508 e. The van der Waals surface area contributed by atoms with E-state index in [2.05, 4.69) is 25.4 Å². The second-order valence-corrected chi connectivity index (χ2v) is 5.43. The average molecular weight is 253 g/mol. The second-order valence-electron chi connectivity index (χ2n) is 4.52. The molecule has 0 saturated carbocycles. The van der Waals surface area contributed by atoms with Gasteiger partial charge in [0.15, 0.2) is 0 Å². The minimum atomic E-state index is 0.333. The summed E-state index contributed by atoms with van der Waals surface area (Å²) in [6.07, 6.45) is 3.21. The number of aromatic hydroxyl groups is 1. The molecule has 0 bridgehead atoms. The minimum Gasteiger partial charge on any atom is -0.508 e. The minimum absolute atomic E-state index is 0.333. The fraction of sp³-hybridized carbons (Fsp3) is 0.571. The van der Waals surface area contributed by atoms with Crippen LogP contribution in [-0.2, 0) is 0 Å². The summed E-state index contributed by atoms with van der Waals surface area (Å²) in [5, 5.41) is 12.9. The van der Waals surface area contributed by atoms with Crippen LogP contribution in [0.15, 0.2) is 24.3 Å². The van der Waals surface area contributed by atoms with Crippen molar-refractivity contribution in [1.82, 2.24) is 5.32 Å². The Morgan fingerprint density at radius 2 is 1.94 bits per heavy atom. The Labute approximate surface area is 109 Å². The van der Waals surface area contributed by atoms with Crippen molar-refractivity contribution in [2.45, 2.75) is 26.3 Å². The van der Waals surface area contributed by atoms with E-state index in [1.54, 1.807) is 12.1 Å². The Morgan fingerprint density at radius 3 is 2.47 bits per heavy atom. The summed E-state index contributed by atoms with van der Waals surface area (Å²) in [6, 6.07) is 7.89. The Bertz CT molecular complexity index is 313. The van der Waals surface area contributed by atoms with Crippen LogP contribution in [0.25, 0.3) is 0 Å². The van der Waals surface area contributed by atoms with Gasteiger partial charge in [-0.15, -0.1) is 0 Å². The third-order valence-corrected chi connectivity index (χ3v) is 3.77. The van der Waals surface area contributed by atoms with E-state index < -0.39 is 0 Å². The van der Waals surface area contributed by atoms with Crippen LogP contribution in [0.4, 0.5) is 0 Å². The number of hydrogen-bond acceptors (Lipinski definition) is 3. The Balaban J connectivity index is 2.51. The third kappa shape index (κ3) is 5.00. The Kier molecular flexibility index (Phi) is 6.45. The van der Waals surface area contributed by atoms with Crippen molar-refractivity contribution in [1.29, 1.82) is 0 Å². The van der Waals surface area contributed by atoms with Gasteiger partial charge in [0.1, 0.15) is 5.75 Å². The first kappa shape index (κ1) is 14.4. The van der Waals surface area contributed by atoms with Gasteiger partial charge in [-0.25, -0.2) is 0 Å². The SMILES string of the molecule is CCC(NCC(C)CSC)c1ccc(O)cc1.